The fraction of sp³-hybridized carbons (Fsp3) is 0.476. The maximum absolute atomic E-state index is 12.9. The van der Waals surface area contributed by atoms with E-state index in [1.165, 1.54) is 11.8 Å². The number of thioether (sulfide) groups is 1. The Morgan fingerprint density at radius 2 is 1.90 bits per heavy atom. The Balaban J connectivity index is 2.09. The van der Waals surface area contributed by atoms with E-state index in [0.29, 0.717) is 41.3 Å². The highest BCUT2D eigenvalue weighted by atomic mass is 32.2. The lowest BCUT2D eigenvalue weighted by Gasteiger charge is -2.28. The molecular formula is C21H27N3O4S. The lowest BCUT2D eigenvalue weighted by molar-refractivity contribution is -0.116. The van der Waals surface area contributed by atoms with Gasteiger partial charge < -0.3 is 19.4 Å². The standard InChI is InChI=1S/C21H27N3O4S/c1-5-10-29-21-23-20(26)18-14(12-17(25)22-19(18)24(21)4)13-8-9-15(27-6-2)16(11-13)28-7-3/h8-9,11,14H,5-7,10,12H2,1-4H3,(H,22,25)/t14-/m0/s1. The molecule has 1 aromatic carbocycles. The topological polar surface area (TPSA) is 82.5 Å². The van der Waals surface area contributed by atoms with Gasteiger partial charge in [-0.05, 0) is 38.0 Å². The first-order valence-corrected chi connectivity index (χ1v) is 10.9. The zero-order valence-corrected chi connectivity index (χ0v) is 18.1. The van der Waals surface area contributed by atoms with Crippen LogP contribution in [0.25, 0.3) is 0 Å². The number of nitrogens with zero attached hydrogens (tertiary/aromatic N) is 2. The molecule has 29 heavy (non-hydrogen) atoms. The molecule has 1 aromatic heterocycles. The van der Waals surface area contributed by atoms with Crippen LogP contribution in [0.15, 0.2) is 28.2 Å². The van der Waals surface area contributed by atoms with E-state index in [9.17, 15) is 9.59 Å². The van der Waals surface area contributed by atoms with Gasteiger partial charge in [0.05, 0.1) is 18.8 Å². The zero-order valence-electron chi connectivity index (χ0n) is 17.3. The van der Waals surface area contributed by atoms with Crippen molar-refractivity contribution in [3.8, 4) is 11.5 Å². The van der Waals surface area contributed by atoms with Crippen LogP contribution in [-0.2, 0) is 11.8 Å². The number of carbonyl (C=O) groups is 1. The molecule has 1 amide bonds. The molecule has 0 radical (unpaired) electrons. The molecule has 3 rings (SSSR count). The van der Waals surface area contributed by atoms with Crippen molar-refractivity contribution < 1.29 is 14.3 Å². The minimum Gasteiger partial charge on any atom is -0.490 e. The molecule has 7 nitrogen and oxygen atoms in total. The van der Waals surface area contributed by atoms with Crippen LogP contribution in [0.1, 0.15) is 50.7 Å². The Labute approximate surface area is 174 Å². The van der Waals surface area contributed by atoms with E-state index in [4.69, 9.17) is 9.47 Å². The fourth-order valence-corrected chi connectivity index (χ4v) is 4.25. The summed E-state index contributed by atoms with van der Waals surface area (Å²) < 4.78 is 13.2. The molecule has 0 saturated carbocycles. The van der Waals surface area contributed by atoms with Gasteiger partial charge in [0.2, 0.25) is 5.91 Å². The van der Waals surface area contributed by atoms with Crippen LogP contribution in [0, 0.1) is 0 Å². The summed E-state index contributed by atoms with van der Waals surface area (Å²) in [6.07, 6.45) is 1.16. The Bertz CT molecular complexity index is 958. The predicted octanol–water partition coefficient (Wildman–Crippen LogP) is 3.55. The van der Waals surface area contributed by atoms with Gasteiger partial charge in [0, 0.05) is 25.1 Å². The second-order valence-electron chi connectivity index (χ2n) is 6.75. The molecular weight excluding hydrogens is 390 g/mol. The van der Waals surface area contributed by atoms with Crippen LogP contribution in [0.4, 0.5) is 5.82 Å². The molecule has 2 aromatic rings. The first-order valence-electron chi connectivity index (χ1n) is 9.93. The van der Waals surface area contributed by atoms with Gasteiger partial charge in [0.15, 0.2) is 16.7 Å². The van der Waals surface area contributed by atoms with E-state index in [1.807, 2.05) is 39.1 Å². The van der Waals surface area contributed by atoms with Crippen LogP contribution < -0.4 is 20.3 Å². The SMILES string of the molecule is CCCSc1nc(=O)c2c(n1C)NC(=O)C[C@H]2c1ccc(OCC)c(OCC)c1. The number of nitrogens with one attached hydrogen (secondary N) is 1. The smallest absolute Gasteiger partial charge is 0.279 e. The van der Waals surface area contributed by atoms with Gasteiger partial charge in [-0.2, -0.15) is 4.98 Å². The summed E-state index contributed by atoms with van der Waals surface area (Å²) in [5.74, 6) is 2.13. The van der Waals surface area contributed by atoms with Gasteiger partial charge in [-0.25, -0.2) is 0 Å². The third-order valence-electron chi connectivity index (χ3n) is 4.71. The van der Waals surface area contributed by atoms with Crippen molar-refractivity contribution in [2.45, 2.75) is 44.7 Å². The number of ether oxygens (including phenoxy) is 2. The quantitative estimate of drug-likeness (QED) is 0.522. The minimum absolute atomic E-state index is 0.123. The Morgan fingerprint density at radius 3 is 2.59 bits per heavy atom. The normalized spacial score (nSPS) is 15.6. The van der Waals surface area contributed by atoms with Crippen molar-refractivity contribution in [3.63, 3.8) is 0 Å². The van der Waals surface area contributed by atoms with E-state index >= 15 is 0 Å². The summed E-state index contributed by atoms with van der Waals surface area (Å²) in [7, 11) is 1.83. The van der Waals surface area contributed by atoms with Gasteiger partial charge in [-0.1, -0.05) is 24.8 Å². The van der Waals surface area contributed by atoms with Crippen LogP contribution in [0.3, 0.4) is 0 Å². The van der Waals surface area contributed by atoms with Crippen molar-refractivity contribution in [1.29, 1.82) is 0 Å². The highest BCUT2D eigenvalue weighted by molar-refractivity contribution is 7.99. The molecule has 0 fully saturated rings. The maximum Gasteiger partial charge on any atom is 0.279 e. The minimum atomic E-state index is -0.384. The number of anilines is 1. The average Bonchev–Trinajstić information content (AvgIpc) is 2.70. The first-order chi connectivity index (χ1) is 14.0. The molecule has 0 aliphatic carbocycles. The molecule has 1 aliphatic rings. The van der Waals surface area contributed by atoms with Crippen LogP contribution in [0.2, 0.25) is 0 Å². The lowest BCUT2D eigenvalue weighted by atomic mass is 9.86. The van der Waals surface area contributed by atoms with Gasteiger partial charge >= 0.3 is 0 Å². The predicted molar refractivity (Wildman–Crippen MR) is 114 cm³/mol. The third kappa shape index (κ3) is 4.42. The fourth-order valence-electron chi connectivity index (χ4n) is 3.43. The molecule has 0 saturated heterocycles. The monoisotopic (exact) mass is 417 g/mol. The van der Waals surface area contributed by atoms with Crippen LogP contribution in [0.5, 0.6) is 11.5 Å². The van der Waals surface area contributed by atoms with E-state index in [-0.39, 0.29) is 23.8 Å². The van der Waals surface area contributed by atoms with Crippen molar-refractivity contribution in [2.75, 3.05) is 24.3 Å². The van der Waals surface area contributed by atoms with Crippen molar-refractivity contribution in [1.82, 2.24) is 9.55 Å². The Hall–Kier alpha value is -2.48. The van der Waals surface area contributed by atoms with Crippen molar-refractivity contribution >= 4 is 23.5 Å². The largest absolute Gasteiger partial charge is 0.490 e. The third-order valence-corrected chi connectivity index (χ3v) is 5.94. The second-order valence-corrected chi connectivity index (χ2v) is 7.81. The number of hydrogen-bond donors (Lipinski definition) is 1. The first kappa shape index (κ1) is 21.2. The van der Waals surface area contributed by atoms with E-state index < -0.39 is 0 Å². The Kier molecular flexibility index (Phi) is 6.84. The average molecular weight is 418 g/mol. The maximum atomic E-state index is 12.9. The number of fused-ring (bicyclic) bond motifs is 1. The molecule has 2 heterocycles. The number of aromatic nitrogens is 2. The number of hydrogen-bond acceptors (Lipinski definition) is 6. The van der Waals surface area contributed by atoms with Gasteiger partial charge in [-0.3, -0.25) is 9.59 Å². The summed E-state index contributed by atoms with van der Waals surface area (Å²) in [5.41, 5.74) is 1.05. The molecule has 0 unspecified atom stereocenters. The number of benzene rings is 1. The summed E-state index contributed by atoms with van der Waals surface area (Å²) in [6, 6.07) is 5.58. The van der Waals surface area contributed by atoms with Gasteiger partial charge in [0.25, 0.3) is 5.56 Å². The summed E-state index contributed by atoms with van der Waals surface area (Å²) >= 11 is 1.51. The highest BCUT2D eigenvalue weighted by Gasteiger charge is 2.32. The van der Waals surface area contributed by atoms with E-state index in [1.54, 1.807) is 4.57 Å². The molecule has 0 bridgehead atoms. The molecule has 0 spiro atoms. The van der Waals surface area contributed by atoms with Crippen molar-refractivity contribution in [2.24, 2.45) is 7.05 Å². The molecule has 156 valence electrons. The molecule has 8 heteroatoms. The summed E-state index contributed by atoms with van der Waals surface area (Å²) in [4.78, 5) is 29.7. The van der Waals surface area contributed by atoms with Crippen LogP contribution >= 0.6 is 11.8 Å². The number of carbonyl (C=O) groups excluding carboxylic acids is 1. The summed E-state index contributed by atoms with van der Waals surface area (Å²) in [5, 5.41) is 3.48. The van der Waals surface area contributed by atoms with E-state index in [2.05, 4.69) is 17.2 Å². The van der Waals surface area contributed by atoms with Crippen molar-refractivity contribution in [3.05, 3.63) is 39.7 Å². The van der Waals surface area contributed by atoms with Crippen LogP contribution in [-0.4, -0.2) is 34.4 Å². The lowest BCUT2D eigenvalue weighted by Crippen LogP contribution is -2.33. The number of amides is 1. The van der Waals surface area contributed by atoms with Gasteiger partial charge in [-0.15, -0.1) is 0 Å². The Morgan fingerprint density at radius 1 is 1.17 bits per heavy atom. The number of rotatable bonds is 8. The molecule has 1 N–H and O–H groups in total. The molecule has 1 aliphatic heterocycles. The molecule has 1 atom stereocenters. The second kappa shape index (κ2) is 9.35. The summed E-state index contributed by atoms with van der Waals surface area (Å²) in [6.45, 7) is 6.91. The van der Waals surface area contributed by atoms with Gasteiger partial charge in [0.1, 0.15) is 5.82 Å². The van der Waals surface area contributed by atoms with E-state index in [0.717, 1.165) is 17.7 Å². The highest BCUT2D eigenvalue weighted by Crippen LogP contribution is 2.39. The zero-order chi connectivity index (χ0) is 21.0.